The third-order valence-corrected chi connectivity index (χ3v) is 4.19. The summed E-state index contributed by atoms with van der Waals surface area (Å²) in [6.07, 6.45) is 0.142. The molecule has 4 nitrogen and oxygen atoms in total. The first-order valence-corrected chi connectivity index (χ1v) is 8.34. The van der Waals surface area contributed by atoms with Crippen molar-refractivity contribution >= 4 is 23.1 Å². The number of fused-ring (bicyclic) bond motifs is 1. The highest BCUT2D eigenvalue weighted by Crippen LogP contribution is 2.31. The quantitative estimate of drug-likeness (QED) is 0.491. The van der Waals surface area contributed by atoms with Gasteiger partial charge in [0.25, 0.3) is 5.56 Å². The summed E-state index contributed by atoms with van der Waals surface area (Å²) in [6.45, 7) is 0. The van der Waals surface area contributed by atoms with E-state index >= 15 is 0 Å². The number of para-hydroxylation sites is 1. The first-order valence-electron chi connectivity index (χ1n) is 8.34. The minimum absolute atomic E-state index is 0.194. The van der Waals surface area contributed by atoms with Gasteiger partial charge in [-0.3, -0.25) is 9.36 Å². The van der Waals surface area contributed by atoms with Gasteiger partial charge in [0.05, 0.1) is 22.7 Å². The van der Waals surface area contributed by atoms with Crippen LogP contribution >= 0.6 is 0 Å². The van der Waals surface area contributed by atoms with Crippen LogP contribution in [0.2, 0.25) is 0 Å². The summed E-state index contributed by atoms with van der Waals surface area (Å²) in [5.74, 6) is 0.720. The van der Waals surface area contributed by atoms with Crippen molar-refractivity contribution < 1.29 is 17.6 Å². The fraction of sp³-hybridized carbons (Fsp3) is 0.0476. The van der Waals surface area contributed by atoms with E-state index in [1.54, 1.807) is 42.5 Å². The molecule has 4 aromatic rings. The van der Waals surface area contributed by atoms with Crippen molar-refractivity contribution in [2.75, 3.05) is 0 Å². The number of halogens is 3. The predicted octanol–water partition coefficient (Wildman–Crippen LogP) is 5.17. The molecule has 0 atom stereocenters. The highest BCUT2D eigenvalue weighted by atomic mass is 19.4. The molecule has 0 radical (unpaired) electrons. The number of hydrogen-bond acceptors (Lipinski definition) is 3. The summed E-state index contributed by atoms with van der Waals surface area (Å²) in [5.41, 5.74) is -0.537. The van der Waals surface area contributed by atoms with Crippen molar-refractivity contribution in [1.82, 2.24) is 9.55 Å². The van der Waals surface area contributed by atoms with Crippen LogP contribution in [0.5, 0.6) is 0 Å². The summed E-state index contributed by atoms with van der Waals surface area (Å²) in [6, 6.07) is 15.0. The number of hydrogen-bond donors (Lipinski definition) is 0. The molecule has 0 unspecified atom stereocenters. The molecule has 140 valence electrons. The Morgan fingerprint density at radius 3 is 2.54 bits per heavy atom. The van der Waals surface area contributed by atoms with E-state index in [4.69, 9.17) is 4.42 Å². The van der Waals surface area contributed by atoms with Crippen LogP contribution < -0.4 is 5.56 Å². The first-order chi connectivity index (χ1) is 13.4. The van der Waals surface area contributed by atoms with Gasteiger partial charge in [0.2, 0.25) is 0 Å². The largest absolute Gasteiger partial charge is 0.465 e. The molecule has 0 aliphatic rings. The Bertz CT molecular complexity index is 1220. The van der Waals surface area contributed by atoms with Crippen LogP contribution in [0.25, 0.3) is 28.7 Å². The van der Waals surface area contributed by atoms with Crippen molar-refractivity contribution in [2.24, 2.45) is 0 Å². The van der Waals surface area contributed by atoms with Gasteiger partial charge in [-0.2, -0.15) is 18.2 Å². The number of rotatable bonds is 3. The smallest absolute Gasteiger partial charge is 0.416 e. The summed E-state index contributed by atoms with van der Waals surface area (Å²) < 4.78 is 46.3. The summed E-state index contributed by atoms with van der Waals surface area (Å²) >= 11 is 0. The van der Waals surface area contributed by atoms with E-state index in [1.807, 2.05) is 0 Å². The lowest BCUT2D eigenvalue weighted by molar-refractivity contribution is -0.137. The number of alkyl halides is 3. The Labute approximate surface area is 157 Å². The van der Waals surface area contributed by atoms with Gasteiger partial charge in [-0.1, -0.05) is 18.2 Å². The molecule has 0 N–H and O–H groups in total. The maximum Gasteiger partial charge on any atom is 0.416 e. The van der Waals surface area contributed by atoms with E-state index in [9.17, 15) is 18.0 Å². The molecule has 0 amide bonds. The maximum atomic E-state index is 13.2. The summed E-state index contributed by atoms with van der Waals surface area (Å²) in [7, 11) is 0. The van der Waals surface area contributed by atoms with Gasteiger partial charge in [0.1, 0.15) is 11.6 Å². The fourth-order valence-corrected chi connectivity index (χ4v) is 2.93. The van der Waals surface area contributed by atoms with Gasteiger partial charge >= 0.3 is 6.18 Å². The molecule has 0 fully saturated rings. The van der Waals surface area contributed by atoms with Gasteiger partial charge in [0.15, 0.2) is 0 Å². The molecule has 0 aliphatic carbocycles. The molecule has 0 aliphatic heterocycles. The van der Waals surface area contributed by atoms with Gasteiger partial charge in [0, 0.05) is 5.69 Å². The predicted molar refractivity (Wildman–Crippen MR) is 100.0 cm³/mol. The zero-order chi connectivity index (χ0) is 19.7. The van der Waals surface area contributed by atoms with Crippen LogP contribution in [0.15, 0.2) is 76.1 Å². The molecule has 7 heteroatoms. The lowest BCUT2D eigenvalue weighted by Gasteiger charge is -2.16. The van der Waals surface area contributed by atoms with E-state index < -0.39 is 17.3 Å². The Morgan fingerprint density at radius 1 is 0.964 bits per heavy atom. The van der Waals surface area contributed by atoms with Crippen LogP contribution in [0.3, 0.4) is 0 Å². The molecule has 0 spiro atoms. The van der Waals surface area contributed by atoms with Crippen molar-refractivity contribution in [3.8, 4) is 5.69 Å². The highest BCUT2D eigenvalue weighted by molar-refractivity contribution is 5.82. The molecule has 0 saturated heterocycles. The van der Waals surface area contributed by atoms with Crippen molar-refractivity contribution in [2.45, 2.75) is 6.18 Å². The number of furan rings is 1. The third-order valence-electron chi connectivity index (χ3n) is 4.19. The Kier molecular flexibility index (Phi) is 4.35. The molecule has 2 aromatic heterocycles. The van der Waals surface area contributed by atoms with Gasteiger partial charge in [-0.15, -0.1) is 0 Å². The summed E-state index contributed by atoms with van der Waals surface area (Å²) in [5, 5.41) is 0.315. The molecule has 4 rings (SSSR count). The van der Waals surface area contributed by atoms with E-state index in [1.165, 1.54) is 29.0 Å². The molecule has 0 bridgehead atoms. The molecular weight excluding hydrogens is 369 g/mol. The number of aromatic nitrogens is 2. The second kappa shape index (κ2) is 6.84. The van der Waals surface area contributed by atoms with Crippen LogP contribution in [0.4, 0.5) is 13.2 Å². The zero-order valence-electron chi connectivity index (χ0n) is 14.4. The van der Waals surface area contributed by atoms with Crippen LogP contribution in [-0.2, 0) is 6.18 Å². The normalized spacial score (nSPS) is 12.1. The second-order valence-corrected chi connectivity index (χ2v) is 6.02. The van der Waals surface area contributed by atoms with Crippen molar-refractivity contribution in [3.63, 3.8) is 0 Å². The van der Waals surface area contributed by atoms with Crippen LogP contribution in [0.1, 0.15) is 17.1 Å². The molecule has 2 aromatic carbocycles. The van der Waals surface area contributed by atoms with E-state index in [-0.39, 0.29) is 11.5 Å². The van der Waals surface area contributed by atoms with Crippen LogP contribution in [0, 0.1) is 0 Å². The molecule has 2 heterocycles. The monoisotopic (exact) mass is 382 g/mol. The van der Waals surface area contributed by atoms with Gasteiger partial charge in [-0.05, 0) is 54.6 Å². The Morgan fingerprint density at radius 2 is 1.79 bits per heavy atom. The molecule has 0 saturated carbocycles. The third kappa shape index (κ3) is 3.34. The molecule has 28 heavy (non-hydrogen) atoms. The fourth-order valence-electron chi connectivity index (χ4n) is 2.93. The average Bonchev–Trinajstić information content (AvgIpc) is 3.20. The SMILES string of the molecule is O=c1nc(/C=C/c2ccco2)n(-c2cccc(C(F)(F)F)c2)c2ccccc12. The lowest BCUT2D eigenvalue weighted by Crippen LogP contribution is -2.16. The van der Waals surface area contributed by atoms with Gasteiger partial charge < -0.3 is 4.42 Å². The standard InChI is InChI=1S/C21H13F3N2O2/c22-21(23,24)14-5-3-6-15(13-14)26-18-9-2-1-8-17(18)20(27)25-19(26)11-10-16-7-4-12-28-16/h1-13H/b11-10+. The van der Waals surface area contributed by atoms with Gasteiger partial charge in [-0.25, -0.2) is 0 Å². The van der Waals surface area contributed by atoms with Crippen LogP contribution in [-0.4, -0.2) is 9.55 Å². The minimum atomic E-state index is -4.48. The average molecular weight is 382 g/mol. The topological polar surface area (TPSA) is 48.0 Å². The number of benzene rings is 2. The Hall–Kier alpha value is -3.61. The van der Waals surface area contributed by atoms with Crippen molar-refractivity contribution in [3.05, 3.63) is 94.4 Å². The maximum absolute atomic E-state index is 13.2. The van der Waals surface area contributed by atoms with E-state index in [0.717, 1.165) is 12.1 Å². The zero-order valence-corrected chi connectivity index (χ0v) is 14.4. The molecular formula is C21H13F3N2O2. The summed E-state index contributed by atoms with van der Waals surface area (Å²) in [4.78, 5) is 16.5. The Balaban J connectivity index is 1.99. The van der Waals surface area contributed by atoms with E-state index in [0.29, 0.717) is 16.7 Å². The number of nitrogens with zero attached hydrogens (tertiary/aromatic N) is 2. The van der Waals surface area contributed by atoms with E-state index in [2.05, 4.69) is 4.98 Å². The van der Waals surface area contributed by atoms with Crippen molar-refractivity contribution in [1.29, 1.82) is 0 Å². The minimum Gasteiger partial charge on any atom is -0.465 e. The highest BCUT2D eigenvalue weighted by Gasteiger charge is 2.30. The first kappa shape index (κ1) is 17.8. The second-order valence-electron chi connectivity index (χ2n) is 6.02. The lowest BCUT2D eigenvalue weighted by atomic mass is 10.1.